The number of aliphatic hydroxyl groups excluding tert-OH is 1. The molecule has 3 atom stereocenters. The van der Waals surface area contributed by atoms with E-state index in [1.807, 2.05) is 0 Å². The minimum Gasteiger partial charge on any atom is -0.497 e. The molecule has 2 aromatic carbocycles. The third-order valence-corrected chi connectivity index (χ3v) is 9.55. The van der Waals surface area contributed by atoms with Crippen LogP contribution < -0.4 is 9.46 Å². The lowest BCUT2D eigenvalue weighted by atomic mass is 9.43. The van der Waals surface area contributed by atoms with Crippen molar-refractivity contribution in [3.05, 3.63) is 53.8 Å². The van der Waals surface area contributed by atoms with E-state index in [9.17, 15) is 13.5 Å². The van der Waals surface area contributed by atoms with Crippen molar-refractivity contribution in [1.29, 1.82) is 0 Å². The summed E-state index contributed by atoms with van der Waals surface area (Å²) >= 11 is 0. The second-order valence-electron chi connectivity index (χ2n) is 10.4. The Balaban J connectivity index is 1.51. The highest BCUT2D eigenvalue weighted by Crippen LogP contribution is 2.67. The fraction of sp³-hybridized carbons (Fsp3) is 0.538. The third kappa shape index (κ3) is 4.31. The molecule has 6 nitrogen and oxygen atoms in total. The van der Waals surface area contributed by atoms with E-state index in [0.717, 1.165) is 19.3 Å². The van der Waals surface area contributed by atoms with Crippen LogP contribution in [0.25, 0.3) is 11.1 Å². The summed E-state index contributed by atoms with van der Waals surface area (Å²) in [6, 6.07) is 8.73. The van der Waals surface area contributed by atoms with Crippen LogP contribution in [0, 0.1) is 17.2 Å². The normalized spacial score (nSPS) is 29.9. The molecule has 1 heterocycles. The molecule has 1 saturated heterocycles. The van der Waals surface area contributed by atoms with Crippen LogP contribution in [0.1, 0.15) is 31.7 Å². The zero-order valence-electron chi connectivity index (χ0n) is 20.3. The number of nitrogens with one attached hydrogen (secondary N) is 1. The van der Waals surface area contributed by atoms with Gasteiger partial charge in [-0.15, -0.1) is 0 Å². The van der Waals surface area contributed by atoms with E-state index >= 15 is 13.2 Å². The Morgan fingerprint density at radius 3 is 2.50 bits per heavy atom. The molecular weight excluding hydrogens is 493 g/mol. The molecule has 0 spiro atoms. The lowest BCUT2D eigenvalue weighted by Crippen LogP contribution is -2.65. The zero-order valence-corrected chi connectivity index (χ0v) is 21.1. The fourth-order valence-electron chi connectivity index (χ4n) is 6.07. The van der Waals surface area contributed by atoms with Crippen LogP contribution in [0.5, 0.6) is 5.75 Å². The van der Waals surface area contributed by atoms with Gasteiger partial charge in [-0.25, -0.2) is 26.3 Å². The maximum absolute atomic E-state index is 15.8. The molecule has 0 amide bonds. The summed E-state index contributed by atoms with van der Waals surface area (Å²) < 4.78 is 78.5. The minimum atomic E-state index is -3.98. The molecule has 1 unspecified atom stereocenters. The van der Waals surface area contributed by atoms with Gasteiger partial charge in [0.25, 0.3) is 5.92 Å². The number of hydrogen-bond donors (Lipinski definition) is 2. The van der Waals surface area contributed by atoms with E-state index < -0.39 is 52.0 Å². The number of nitrogens with zero attached hydrogens (tertiary/aromatic N) is 1. The summed E-state index contributed by atoms with van der Waals surface area (Å²) in [5.41, 5.74) is 0.597. The molecule has 2 aromatic rings. The monoisotopic (exact) mass is 524 g/mol. The zero-order chi connectivity index (χ0) is 25.9. The third-order valence-electron chi connectivity index (χ3n) is 8.18. The molecule has 10 heteroatoms. The highest BCUT2D eigenvalue weighted by atomic mass is 32.2. The lowest BCUT2D eigenvalue weighted by Gasteiger charge is -2.65. The van der Waals surface area contributed by atoms with E-state index in [1.54, 1.807) is 36.4 Å². The van der Waals surface area contributed by atoms with Crippen LogP contribution in [0.4, 0.5) is 13.2 Å². The maximum atomic E-state index is 15.8. The Labute approximate surface area is 209 Å². The van der Waals surface area contributed by atoms with Gasteiger partial charge >= 0.3 is 0 Å². The summed E-state index contributed by atoms with van der Waals surface area (Å²) in [4.78, 5) is 1.30. The first-order valence-corrected chi connectivity index (χ1v) is 13.9. The number of hydrogen-bond acceptors (Lipinski definition) is 5. The second-order valence-corrected chi connectivity index (χ2v) is 12.5. The van der Waals surface area contributed by atoms with Crippen LogP contribution in [0.15, 0.2) is 42.5 Å². The number of sulfonamides is 1. The number of halogens is 3. The first kappa shape index (κ1) is 25.5. The van der Waals surface area contributed by atoms with Gasteiger partial charge in [0.05, 0.1) is 19.4 Å². The van der Waals surface area contributed by atoms with Crippen molar-refractivity contribution in [2.45, 2.75) is 56.8 Å². The van der Waals surface area contributed by atoms with Gasteiger partial charge in [-0.05, 0) is 61.8 Å². The Hall–Kier alpha value is -2.14. The van der Waals surface area contributed by atoms with Crippen molar-refractivity contribution < 1.29 is 31.4 Å². The molecule has 3 aliphatic carbocycles. The molecule has 1 aliphatic heterocycles. The van der Waals surface area contributed by atoms with E-state index in [1.165, 1.54) is 25.0 Å². The number of rotatable bonds is 9. The molecule has 36 heavy (non-hydrogen) atoms. The first-order valence-electron chi connectivity index (χ1n) is 12.2. The van der Waals surface area contributed by atoms with Gasteiger partial charge < -0.3 is 9.84 Å². The topological polar surface area (TPSA) is 78.9 Å². The molecular formula is C26H31F3N2O4S. The molecule has 4 fully saturated rings. The largest absolute Gasteiger partial charge is 0.497 e. The molecule has 0 radical (unpaired) electrons. The summed E-state index contributed by atoms with van der Waals surface area (Å²) in [5, 5.41) is 11.2. The number of ether oxygens (including phenoxy) is 1. The van der Waals surface area contributed by atoms with Crippen LogP contribution in [-0.2, 0) is 16.4 Å². The van der Waals surface area contributed by atoms with Crippen molar-refractivity contribution in [3.8, 4) is 16.9 Å². The highest BCUT2D eigenvalue weighted by molar-refractivity contribution is 7.89. The molecule has 196 valence electrons. The minimum absolute atomic E-state index is 0.175. The molecule has 6 rings (SSSR count). The summed E-state index contributed by atoms with van der Waals surface area (Å²) in [7, 11) is -2.47. The van der Waals surface area contributed by atoms with Crippen molar-refractivity contribution in [2.75, 3.05) is 19.4 Å². The van der Waals surface area contributed by atoms with Crippen molar-refractivity contribution >= 4 is 10.0 Å². The van der Waals surface area contributed by atoms with E-state index in [0.29, 0.717) is 17.2 Å². The number of likely N-dealkylation sites (tertiary alicyclic amines) is 1. The van der Waals surface area contributed by atoms with Crippen LogP contribution >= 0.6 is 0 Å². The quantitative estimate of drug-likeness (QED) is 0.522. The number of methoxy groups -OCH3 is 1. The molecule has 4 aliphatic rings. The summed E-state index contributed by atoms with van der Waals surface area (Å²) in [6.07, 6.45) is 0.988. The van der Waals surface area contributed by atoms with Gasteiger partial charge in [-0.1, -0.05) is 30.3 Å². The maximum Gasteiger partial charge on any atom is 0.278 e. The van der Waals surface area contributed by atoms with Crippen molar-refractivity contribution in [2.24, 2.45) is 11.3 Å². The Morgan fingerprint density at radius 1 is 1.19 bits per heavy atom. The predicted molar refractivity (Wildman–Crippen MR) is 130 cm³/mol. The Morgan fingerprint density at radius 2 is 1.89 bits per heavy atom. The van der Waals surface area contributed by atoms with Crippen LogP contribution in [-0.4, -0.2) is 62.1 Å². The predicted octanol–water partition coefficient (Wildman–Crippen LogP) is 3.79. The van der Waals surface area contributed by atoms with Crippen LogP contribution in [0.3, 0.4) is 0 Å². The number of alkyl halides is 2. The van der Waals surface area contributed by atoms with Crippen molar-refractivity contribution in [3.63, 3.8) is 0 Å². The number of aliphatic hydroxyl groups is 1. The molecule has 3 saturated carbocycles. The lowest BCUT2D eigenvalue weighted by molar-refractivity contribution is -0.236. The van der Waals surface area contributed by atoms with Gasteiger partial charge in [0.2, 0.25) is 10.0 Å². The average molecular weight is 525 g/mol. The van der Waals surface area contributed by atoms with Gasteiger partial charge in [0, 0.05) is 17.0 Å². The molecule has 2 bridgehead atoms. The second kappa shape index (κ2) is 9.01. The number of benzene rings is 2. The van der Waals surface area contributed by atoms with E-state index in [-0.39, 0.29) is 23.3 Å². The van der Waals surface area contributed by atoms with Gasteiger partial charge in [-0.2, -0.15) is 0 Å². The molecule has 0 aromatic heterocycles. The Kier molecular flexibility index (Phi) is 6.38. The van der Waals surface area contributed by atoms with Gasteiger partial charge in [0.1, 0.15) is 23.8 Å². The van der Waals surface area contributed by atoms with Crippen LogP contribution in [0.2, 0.25) is 0 Å². The summed E-state index contributed by atoms with van der Waals surface area (Å²) in [6.45, 7) is 0.579. The smallest absolute Gasteiger partial charge is 0.278 e. The highest BCUT2D eigenvalue weighted by Gasteiger charge is 2.66. The first-order chi connectivity index (χ1) is 17.0. The van der Waals surface area contributed by atoms with Gasteiger partial charge in [-0.3, -0.25) is 4.90 Å². The van der Waals surface area contributed by atoms with Gasteiger partial charge in [0.15, 0.2) is 0 Å². The SMILES string of the molecule is CCS(=O)(=O)N[C@@H]1[C@H](Cc2cccc(-c3cccc(OC)c3)c2F)N(C(O)C23CC(C2)C3)CC1(F)F. The molecule has 2 N–H and O–H groups in total. The standard InChI is InChI=1S/C26H31F3N2O4S/c1-3-36(33,34)30-23-21(31(15-26(23,28)29)24(32)25-12-16(13-25)14-25)11-18-7-5-9-20(22(18)27)17-6-4-8-19(10-17)35-2/h4-10,16,21,23-24,30,32H,3,11-15H2,1-2H3/t16?,21-,23+,24?,25?/m0/s1. The average Bonchev–Trinajstić information content (AvgIpc) is 3.02. The Bertz CT molecular complexity index is 1240. The summed E-state index contributed by atoms with van der Waals surface area (Å²) in [5.74, 6) is -3.29. The van der Waals surface area contributed by atoms with E-state index in [2.05, 4.69) is 4.72 Å². The van der Waals surface area contributed by atoms with Crippen molar-refractivity contribution in [1.82, 2.24) is 9.62 Å². The fourth-order valence-corrected chi connectivity index (χ4v) is 6.95. The van der Waals surface area contributed by atoms with E-state index in [4.69, 9.17) is 4.74 Å².